The average Bonchev–Trinajstić information content (AvgIpc) is 2.68. The fraction of sp³-hybridized carbons (Fsp3) is 0.619. The lowest BCUT2D eigenvalue weighted by atomic mass is 9.86. The van der Waals surface area contributed by atoms with Crippen molar-refractivity contribution in [2.75, 3.05) is 5.73 Å². The Bertz CT molecular complexity index is 616. The van der Waals surface area contributed by atoms with Crippen molar-refractivity contribution < 1.29 is 4.74 Å². The van der Waals surface area contributed by atoms with Gasteiger partial charge in [-0.2, -0.15) is 0 Å². The Kier molecular flexibility index (Phi) is 7.95. The van der Waals surface area contributed by atoms with Gasteiger partial charge in [0.05, 0.1) is 6.10 Å². The predicted molar refractivity (Wildman–Crippen MR) is 110 cm³/mol. The van der Waals surface area contributed by atoms with Gasteiger partial charge in [0.15, 0.2) is 11.6 Å². The van der Waals surface area contributed by atoms with E-state index in [-0.39, 0.29) is 6.10 Å². The van der Waals surface area contributed by atoms with Crippen molar-refractivity contribution in [1.82, 2.24) is 4.98 Å². The summed E-state index contributed by atoms with van der Waals surface area (Å²) in [5.74, 6) is 1.65. The highest BCUT2D eigenvalue weighted by molar-refractivity contribution is 6.09. The third-order valence-electron chi connectivity index (χ3n) is 5.39. The van der Waals surface area contributed by atoms with Gasteiger partial charge in [0.25, 0.3) is 0 Å². The molecule has 1 aromatic rings. The quantitative estimate of drug-likeness (QED) is 0.666. The Balaban J connectivity index is 2.14. The van der Waals surface area contributed by atoms with Gasteiger partial charge in [-0.3, -0.25) is 4.99 Å². The molecule has 1 aliphatic carbocycles. The number of nitrogens with zero attached hydrogens (tertiary/aromatic N) is 2. The zero-order chi connectivity index (χ0) is 18.9. The fourth-order valence-electron chi connectivity index (χ4n) is 3.51. The molecule has 144 valence electrons. The van der Waals surface area contributed by atoms with Gasteiger partial charge >= 0.3 is 0 Å². The summed E-state index contributed by atoms with van der Waals surface area (Å²) in [5, 5.41) is 0. The number of rotatable bonds is 8. The number of allylic oxidation sites excluding steroid dienone is 1. The third-order valence-corrected chi connectivity index (χ3v) is 5.39. The van der Waals surface area contributed by atoms with Crippen LogP contribution >= 0.6 is 0 Å². The normalized spacial score (nSPS) is 17.8. The maximum absolute atomic E-state index is 6.19. The van der Waals surface area contributed by atoms with E-state index in [1.807, 2.05) is 12.3 Å². The van der Waals surface area contributed by atoms with Gasteiger partial charge in [0.2, 0.25) is 0 Å². The van der Waals surface area contributed by atoms with Crippen LogP contribution in [-0.2, 0) is 0 Å². The van der Waals surface area contributed by atoms with Crippen LogP contribution in [0.4, 0.5) is 5.82 Å². The standard InChI is InChI=1S/C21H34N4O/c1-4-19(5-2)24-14-18(12-22)17-11-20(21(23)25-13-17)26-15(3)16-9-7-6-8-10-16/h11-16,19H,4-10,22H2,1-3H3,(H2,23,25). The van der Waals surface area contributed by atoms with E-state index in [1.165, 1.54) is 32.1 Å². The van der Waals surface area contributed by atoms with E-state index < -0.39 is 0 Å². The van der Waals surface area contributed by atoms with E-state index in [9.17, 15) is 0 Å². The molecule has 1 aromatic heterocycles. The van der Waals surface area contributed by atoms with E-state index >= 15 is 0 Å². The second-order valence-corrected chi connectivity index (χ2v) is 7.20. The minimum Gasteiger partial charge on any atom is -0.487 e. The SMILES string of the molecule is CCC(CC)N=CC(=CN)c1cnc(N)c(OC(C)C2CCCCC2)c1. The zero-order valence-corrected chi connectivity index (χ0v) is 16.4. The summed E-state index contributed by atoms with van der Waals surface area (Å²) in [6, 6.07) is 2.24. The smallest absolute Gasteiger partial charge is 0.166 e. The molecule has 1 saturated carbocycles. The van der Waals surface area contributed by atoms with Crippen LogP contribution in [0.15, 0.2) is 23.5 Å². The monoisotopic (exact) mass is 358 g/mol. The minimum atomic E-state index is 0.137. The van der Waals surface area contributed by atoms with E-state index in [1.54, 1.807) is 12.4 Å². The number of hydrogen-bond acceptors (Lipinski definition) is 5. The van der Waals surface area contributed by atoms with Gasteiger partial charge in [-0.05, 0) is 44.6 Å². The van der Waals surface area contributed by atoms with Gasteiger partial charge in [0.1, 0.15) is 0 Å². The summed E-state index contributed by atoms with van der Waals surface area (Å²) in [5.41, 5.74) is 13.6. The molecule has 26 heavy (non-hydrogen) atoms. The van der Waals surface area contributed by atoms with Crippen LogP contribution in [0, 0.1) is 5.92 Å². The number of ether oxygens (including phenoxy) is 1. The Morgan fingerprint density at radius 2 is 2.00 bits per heavy atom. The van der Waals surface area contributed by atoms with Crippen molar-refractivity contribution in [3.05, 3.63) is 24.0 Å². The number of nitrogens with two attached hydrogens (primary N) is 2. The first kappa shape index (κ1) is 20.3. The van der Waals surface area contributed by atoms with Gasteiger partial charge in [-0.25, -0.2) is 4.98 Å². The van der Waals surface area contributed by atoms with Crippen molar-refractivity contribution in [3.8, 4) is 5.75 Å². The van der Waals surface area contributed by atoms with Crippen LogP contribution < -0.4 is 16.2 Å². The number of hydrogen-bond donors (Lipinski definition) is 2. The second-order valence-electron chi connectivity index (χ2n) is 7.20. The topological polar surface area (TPSA) is 86.5 Å². The summed E-state index contributed by atoms with van der Waals surface area (Å²) in [6.45, 7) is 6.41. The molecule has 5 nitrogen and oxygen atoms in total. The molecule has 1 heterocycles. The largest absolute Gasteiger partial charge is 0.487 e. The van der Waals surface area contributed by atoms with Gasteiger partial charge in [-0.15, -0.1) is 0 Å². The van der Waals surface area contributed by atoms with Gasteiger partial charge < -0.3 is 16.2 Å². The van der Waals surface area contributed by atoms with Crippen molar-refractivity contribution in [2.24, 2.45) is 16.6 Å². The Hall–Kier alpha value is -2.04. The minimum absolute atomic E-state index is 0.137. The van der Waals surface area contributed by atoms with Gasteiger partial charge in [-0.1, -0.05) is 33.1 Å². The molecule has 0 aromatic carbocycles. The maximum Gasteiger partial charge on any atom is 0.166 e. The molecule has 0 saturated heterocycles. The van der Waals surface area contributed by atoms with Crippen molar-refractivity contribution in [3.63, 3.8) is 0 Å². The number of nitrogen functional groups attached to an aromatic ring is 1. The first-order valence-corrected chi connectivity index (χ1v) is 9.96. The van der Waals surface area contributed by atoms with Crippen LogP contribution in [0.3, 0.4) is 0 Å². The summed E-state index contributed by atoms with van der Waals surface area (Å²) < 4.78 is 6.19. The molecular formula is C21H34N4O. The van der Waals surface area contributed by atoms with Gasteiger partial charge in [0, 0.05) is 35.8 Å². The zero-order valence-electron chi connectivity index (χ0n) is 16.4. The van der Waals surface area contributed by atoms with Crippen LogP contribution in [0.5, 0.6) is 5.75 Å². The summed E-state index contributed by atoms with van der Waals surface area (Å²) in [4.78, 5) is 8.93. The molecule has 1 fully saturated rings. The second kappa shape index (κ2) is 10.2. The first-order chi connectivity index (χ1) is 12.6. The van der Waals surface area contributed by atoms with Crippen LogP contribution in [0.2, 0.25) is 0 Å². The van der Waals surface area contributed by atoms with Crippen molar-refractivity contribution in [1.29, 1.82) is 0 Å². The molecule has 0 aliphatic heterocycles. The molecule has 0 amide bonds. The molecule has 1 atom stereocenters. The van der Waals surface area contributed by atoms with Crippen molar-refractivity contribution >= 4 is 17.6 Å². The Morgan fingerprint density at radius 3 is 2.62 bits per heavy atom. The Labute approximate surface area is 157 Å². The highest BCUT2D eigenvalue weighted by Crippen LogP contribution is 2.31. The molecule has 1 unspecified atom stereocenters. The predicted octanol–water partition coefficient (Wildman–Crippen LogP) is 4.57. The summed E-state index contributed by atoms with van der Waals surface area (Å²) >= 11 is 0. The number of pyridine rings is 1. The molecule has 0 spiro atoms. The summed E-state index contributed by atoms with van der Waals surface area (Å²) in [7, 11) is 0. The fourth-order valence-corrected chi connectivity index (χ4v) is 3.51. The molecule has 4 N–H and O–H groups in total. The highest BCUT2D eigenvalue weighted by Gasteiger charge is 2.22. The van der Waals surface area contributed by atoms with E-state index in [4.69, 9.17) is 16.2 Å². The lowest BCUT2D eigenvalue weighted by Gasteiger charge is -2.28. The molecule has 1 aliphatic rings. The van der Waals surface area contributed by atoms with Crippen LogP contribution in [0.1, 0.15) is 71.3 Å². The number of aliphatic imine (C=N–C) groups is 1. The maximum atomic E-state index is 6.19. The van der Waals surface area contributed by atoms with E-state index in [0.29, 0.717) is 23.5 Å². The lowest BCUT2D eigenvalue weighted by Crippen LogP contribution is -2.26. The first-order valence-electron chi connectivity index (χ1n) is 9.96. The van der Waals surface area contributed by atoms with Crippen molar-refractivity contribution in [2.45, 2.75) is 77.9 Å². The highest BCUT2D eigenvalue weighted by atomic mass is 16.5. The average molecular weight is 359 g/mol. The molecular weight excluding hydrogens is 324 g/mol. The van der Waals surface area contributed by atoms with E-state index in [2.05, 4.69) is 30.7 Å². The number of anilines is 1. The number of aromatic nitrogens is 1. The van der Waals surface area contributed by atoms with Crippen LogP contribution in [-0.4, -0.2) is 23.3 Å². The molecule has 5 heteroatoms. The third kappa shape index (κ3) is 5.48. The Morgan fingerprint density at radius 1 is 1.31 bits per heavy atom. The van der Waals surface area contributed by atoms with Crippen LogP contribution in [0.25, 0.3) is 5.57 Å². The lowest BCUT2D eigenvalue weighted by molar-refractivity contribution is 0.124. The van der Waals surface area contributed by atoms with E-state index in [0.717, 1.165) is 24.0 Å². The molecule has 0 bridgehead atoms. The molecule has 2 rings (SSSR count). The molecule has 0 radical (unpaired) electrons. The summed E-state index contributed by atoms with van der Waals surface area (Å²) in [6.07, 6.45) is 13.7.